The van der Waals surface area contributed by atoms with Gasteiger partial charge in [-0.05, 0) is 43.0 Å². The predicted octanol–water partition coefficient (Wildman–Crippen LogP) is 1.98. The lowest BCUT2D eigenvalue weighted by Gasteiger charge is -2.30. The van der Waals surface area contributed by atoms with Gasteiger partial charge < -0.3 is 9.84 Å². The molecule has 1 aromatic rings. The van der Waals surface area contributed by atoms with Crippen LogP contribution in [0.3, 0.4) is 0 Å². The molecule has 0 unspecified atom stereocenters. The molecule has 0 aromatic heterocycles. The first-order valence-electron chi connectivity index (χ1n) is 4.80. The van der Waals surface area contributed by atoms with E-state index in [1.54, 1.807) is 12.1 Å². The summed E-state index contributed by atoms with van der Waals surface area (Å²) < 4.78 is 18.0. The Kier molecular flexibility index (Phi) is 2.68. The van der Waals surface area contributed by atoms with Crippen molar-refractivity contribution in [3.63, 3.8) is 0 Å². The van der Waals surface area contributed by atoms with Crippen molar-refractivity contribution in [1.29, 1.82) is 0 Å². The number of rotatable bonds is 3. The minimum absolute atomic E-state index is 0.142. The van der Waals surface area contributed by atoms with Gasteiger partial charge in [-0.1, -0.05) is 0 Å². The Labute approximate surface area is 82.3 Å². The van der Waals surface area contributed by atoms with E-state index < -0.39 is 0 Å². The van der Waals surface area contributed by atoms with Gasteiger partial charge in [0.15, 0.2) is 0 Å². The van der Waals surface area contributed by atoms with E-state index >= 15 is 0 Å². The lowest BCUT2D eigenvalue weighted by Crippen LogP contribution is -2.32. The molecule has 0 radical (unpaired) electrons. The molecular formula is C11H13FO2. The van der Waals surface area contributed by atoms with Crippen LogP contribution in [-0.2, 0) is 0 Å². The number of ether oxygens (including phenoxy) is 1. The lowest BCUT2D eigenvalue weighted by molar-refractivity contribution is 0.0203. The SMILES string of the molecule is OC1CC(COc2ccc(F)cc2)C1. The smallest absolute Gasteiger partial charge is 0.123 e. The molecule has 1 fully saturated rings. The summed E-state index contributed by atoms with van der Waals surface area (Å²) in [6, 6.07) is 5.99. The topological polar surface area (TPSA) is 29.5 Å². The van der Waals surface area contributed by atoms with Gasteiger partial charge in [0.2, 0.25) is 0 Å². The summed E-state index contributed by atoms with van der Waals surface area (Å²) in [6.07, 6.45) is 1.50. The monoisotopic (exact) mass is 196 g/mol. The highest BCUT2D eigenvalue weighted by molar-refractivity contribution is 5.22. The molecule has 76 valence electrons. The van der Waals surface area contributed by atoms with E-state index in [1.807, 2.05) is 0 Å². The number of halogens is 1. The molecule has 2 nitrogen and oxygen atoms in total. The summed E-state index contributed by atoms with van der Waals surface area (Å²) in [5.41, 5.74) is 0. The fourth-order valence-corrected chi connectivity index (χ4v) is 1.58. The van der Waals surface area contributed by atoms with Gasteiger partial charge in [-0.25, -0.2) is 4.39 Å². The van der Waals surface area contributed by atoms with Crippen molar-refractivity contribution in [2.75, 3.05) is 6.61 Å². The number of hydrogen-bond acceptors (Lipinski definition) is 2. The van der Waals surface area contributed by atoms with E-state index in [-0.39, 0.29) is 11.9 Å². The number of aliphatic hydroxyl groups is 1. The van der Waals surface area contributed by atoms with Crippen molar-refractivity contribution in [3.8, 4) is 5.75 Å². The van der Waals surface area contributed by atoms with Gasteiger partial charge in [0, 0.05) is 0 Å². The fraction of sp³-hybridized carbons (Fsp3) is 0.455. The van der Waals surface area contributed by atoms with Gasteiger partial charge in [-0.3, -0.25) is 0 Å². The Bertz CT molecular complexity index is 291. The van der Waals surface area contributed by atoms with Crippen molar-refractivity contribution in [3.05, 3.63) is 30.1 Å². The largest absolute Gasteiger partial charge is 0.493 e. The van der Waals surface area contributed by atoms with Crippen molar-refractivity contribution >= 4 is 0 Å². The summed E-state index contributed by atoms with van der Waals surface area (Å²) >= 11 is 0. The summed E-state index contributed by atoms with van der Waals surface area (Å²) in [7, 11) is 0. The molecule has 2 rings (SSSR count). The molecule has 1 saturated carbocycles. The highest BCUT2D eigenvalue weighted by atomic mass is 19.1. The van der Waals surface area contributed by atoms with Crippen LogP contribution in [0.1, 0.15) is 12.8 Å². The van der Waals surface area contributed by atoms with E-state index in [0.29, 0.717) is 18.3 Å². The minimum atomic E-state index is -0.253. The molecule has 0 aliphatic heterocycles. The maximum atomic E-state index is 12.5. The van der Waals surface area contributed by atoms with E-state index in [1.165, 1.54) is 12.1 Å². The van der Waals surface area contributed by atoms with E-state index in [0.717, 1.165) is 12.8 Å². The van der Waals surface area contributed by atoms with Crippen LogP contribution in [0, 0.1) is 11.7 Å². The van der Waals surface area contributed by atoms with Crippen LogP contribution >= 0.6 is 0 Å². The zero-order chi connectivity index (χ0) is 9.97. The van der Waals surface area contributed by atoms with Gasteiger partial charge in [0.1, 0.15) is 11.6 Å². The van der Waals surface area contributed by atoms with Gasteiger partial charge >= 0.3 is 0 Å². The lowest BCUT2D eigenvalue weighted by atomic mass is 9.83. The van der Waals surface area contributed by atoms with Crippen molar-refractivity contribution in [1.82, 2.24) is 0 Å². The zero-order valence-electron chi connectivity index (χ0n) is 7.82. The minimum Gasteiger partial charge on any atom is -0.493 e. The van der Waals surface area contributed by atoms with Crippen LogP contribution in [0.2, 0.25) is 0 Å². The first-order chi connectivity index (χ1) is 6.74. The second-order valence-electron chi connectivity index (χ2n) is 3.76. The normalized spacial score (nSPS) is 25.6. The van der Waals surface area contributed by atoms with Crippen LogP contribution < -0.4 is 4.74 Å². The third-order valence-electron chi connectivity index (χ3n) is 2.51. The first kappa shape index (κ1) is 9.46. The summed E-state index contributed by atoms with van der Waals surface area (Å²) in [5, 5.41) is 9.05. The highest BCUT2D eigenvalue weighted by Gasteiger charge is 2.27. The van der Waals surface area contributed by atoms with Crippen LogP contribution in [0.4, 0.5) is 4.39 Å². The second-order valence-corrected chi connectivity index (χ2v) is 3.76. The molecule has 0 saturated heterocycles. The quantitative estimate of drug-likeness (QED) is 0.801. The van der Waals surface area contributed by atoms with Gasteiger partial charge in [-0.15, -0.1) is 0 Å². The maximum Gasteiger partial charge on any atom is 0.123 e. The molecule has 3 heteroatoms. The number of aliphatic hydroxyl groups excluding tert-OH is 1. The van der Waals surface area contributed by atoms with Crippen molar-refractivity contribution in [2.45, 2.75) is 18.9 Å². The molecule has 0 heterocycles. The van der Waals surface area contributed by atoms with Crippen LogP contribution in [0.5, 0.6) is 5.75 Å². The Morgan fingerprint density at radius 3 is 2.50 bits per heavy atom. The predicted molar refractivity (Wildman–Crippen MR) is 50.6 cm³/mol. The molecule has 1 aromatic carbocycles. The molecule has 1 N–H and O–H groups in total. The molecular weight excluding hydrogens is 183 g/mol. The Balaban J connectivity index is 1.78. The van der Waals surface area contributed by atoms with Gasteiger partial charge in [0.05, 0.1) is 12.7 Å². The molecule has 1 aliphatic rings. The molecule has 0 spiro atoms. The van der Waals surface area contributed by atoms with Crippen LogP contribution in [-0.4, -0.2) is 17.8 Å². The Morgan fingerprint density at radius 2 is 1.93 bits per heavy atom. The maximum absolute atomic E-state index is 12.5. The van der Waals surface area contributed by atoms with Crippen molar-refractivity contribution < 1.29 is 14.2 Å². The Hall–Kier alpha value is -1.09. The summed E-state index contributed by atoms with van der Waals surface area (Å²) in [4.78, 5) is 0. The first-order valence-corrected chi connectivity index (χ1v) is 4.80. The molecule has 14 heavy (non-hydrogen) atoms. The van der Waals surface area contributed by atoms with Gasteiger partial charge in [0.25, 0.3) is 0 Å². The Morgan fingerprint density at radius 1 is 1.29 bits per heavy atom. The third-order valence-corrected chi connectivity index (χ3v) is 2.51. The average molecular weight is 196 g/mol. The van der Waals surface area contributed by atoms with E-state index in [4.69, 9.17) is 9.84 Å². The van der Waals surface area contributed by atoms with Crippen LogP contribution in [0.25, 0.3) is 0 Å². The molecule has 1 aliphatic carbocycles. The van der Waals surface area contributed by atoms with Crippen molar-refractivity contribution in [2.24, 2.45) is 5.92 Å². The van der Waals surface area contributed by atoms with E-state index in [2.05, 4.69) is 0 Å². The average Bonchev–Trinajstić information content (AvgIpc) is 2.13. The van der Waals surface area contributed by atoms with Gasteiger partial charge in [-0.2, -0.15) is 0 Å². The molecule has 0 bridgehead atoms. The molecule has 0 atom stereocenters. The standard InChI is InChI=1S/C11H13FO2/c12-9-1-3-11(4-2-9)14-7-8-5-10(13)6-8/h1-4,8,10,13H,5-7H2. The van der Waals surface area contributed by atoms with E-state index in [9.17, 15) is 4.39 Å². The fourth-order valence-electron chi connectivity index (χ4n) is 1.58. The third kappa shape index (κ3) is 2.23. The van der Waals surface area contributed by atoms with Crippen LogP contribution in [0.15, 0.2) is 24.3 Å². The zero-order valence-corrected chi connectivity index (χ0v) is 7.82. The molecule has 0 amide bonds. The summed E-state index contributed by atoms with van der Waals surface area (Å²) in [6.45, 7) is 0.614. The highest BCUT2D eigenvalue weighted by Crippen LogP contribution is 2.27. The summed E-state index contributed by atoms with van der Waals surface area (Å²) in [5.74, 6) is 0.888. The number of hydrogen-bond donors (Lipinski definition) is 1. The number of benzene rings is 1. The second kappa shape index (κ2) is 3.96.